The van der Waals surface area contributed by atoms with Crippen molar-refractivity contribution in [2.75, 3.05) is 0 Å². The SMILES string of the molecule is Cc1cccc(-n2nc(C(=O)NCc3ccccc3)nc2-c2ccc(Br)cc2)c1C. The number of aryl methyl sites for hydroxylation is 1. The lowest BCUT2D eigenvalue weighted by Gasteiger charge is -2.11. The van der Waals surface area contributed by atoms with Gasteiger partial charge in [0.1, 0.15) is 0 Å². The molecule has 4 aromatic rings. The molecule has 0 saturated carbocycles. The van der Waals surface area contributed by atoms with E-state index < -0.39 is 0 Å². The minimum atomic E-state index is -0.304. The number of hydrogen-bond donors (Lipinski definition) is 1. The number of carbonyl (C=O) groups is 1. The van der Waals surface area contributed by atoms with Gasteiger partial charge in [-0.15, -0.1) is 5.10 Å². The molecule has 150 valence electrons. The maximum absolute atomic E-state index is 12.8. The third-order valence-corrected chi connectivity index (χ3v) is 5.54. The molecule has 0 aliphatic carbocycles. The van der Waals surface area contributed by atoms with E-state index >= 15 is 0 Å². The number of benzene rings is 3. The number of nitrogens with zero attached hydrogens (tertiary/aromatic N) is 3. The highest BCUT2D eigenvalue weighted by Crippen LogP contribution is 2.25. The van der Waals surface area contributed by atoms with Crippen molar-refractivity contribution in [2.45, 2.75) is 20.4 Å². The summed E-state index contributed by atoms with van der Waals surface area (Å²) in [6.45, 7) is 4.53. The van der Waals surface area contributed by atoms with Gasteiger partial charge in [-0.05, 0) is 48.7 Å². The van der Waals surface area contributed by atoms with Gasteiger partial charge < -0.3 is 5.32 Å². The predicted molar refractivity (Wildman–Crippen MR) is 122 cm³/mol. The Morgan fingerprint density at radius 3 is 2.43 bits per heavy atom. The largest absolute Gasteiger partial charge is 0.345 e. The van der Waals surface area contributed by atoms with E-state index in [-0.39, 0.29) is 11.7 Å². The maximum atomic E-state index is 12.8. The Bertz CT molecular complexity index is 1180. The molecule has 1 heterocycles. The van der Waals surface area contributed by atoms with Crippen LogP contribution in [0.3, 0.4) is 0 Å². The van der Waals surface area contributed by atoms with Crippen molar-refractivity contribution >= 4 is 21.8 Å². The van der Waals surface area contributed by atoms with Gasteiger partial charge in [-0.25, -0.2) is 9.67 Å². The summed E-state index contributed by atoms with van der Waals surface area (Å²) in [5, 5.41) is 7.48. The minimum Gasteiger partial charge on any atom is -0.345 e. The fourth-order valence-corrected chi connectivity index (χ4v) is 3.45. The first-order valence-corrected chi connectivity index (χ1v) is 10.4. The summed E-state index contributed by atoms with van der Waals surface area (Å²) < 4.78 is 2.73. The molecule has 0 bridgehead atoms. The summed E-state index contributed by atoms with van der Waals surface area (Å²) in [7, 11) is 0. The molecule has 0 atom stereocenters. The van der Waals surface area contributed by atoms with Crippen molar-refractivity contribution in [1.29, 1.82) is 0 Å². The second-order valence-corrected chi connectivity index (χ2v) is 7.98. The molecular formula is C24H21BrN4O. The van der Waals surface area contributed by atoms with Crippen LogP contribution in [0.15, 0.2) is 77.3 Å². The molecule has 1 N–H and O–H groups in total. The van der Waals surface area contributed by atoms with Gasteiger partial charge in [-0.3, -0.25) is 4.79 Å². The van der Waals surface area contributed by atoms with E-state index in [9.17, 15) is 4.79 Å². The Morgan fingerprint density at radius 1 is 0.967 bits per heavy atom. The molecule has 0 aliphatic rings. The summed E-state index contributed by atoms with van der Waals surface area (Å²) in [6.07, 6.45) is 0. The summed E-state index contributed by atoms with van der Waals surface area (Å²) >= 11 is 3.47. The fourth-order valence-electron chi connectivity index (χ4n) is 3.18. The van der Waals surface area contributed by atoms with Crippen molar-refractivity contribution in [3.05, 3.63) is 99.8 Å². The van der Waals surface area contributed by atoms with Gasteiger partial charge in [-0.2, -0.15) is 0 Å². The number of aromatic nitrogens is 3. The lowest BCUT2D eigenvalue weighted by atomic mass is 10.1. The first kappa shape index (κ1) is 20.0. The number of rotatable bonds is 5. The molecular weight excluding hydrogens is 440 g/mol. The van der Waals surface area contributed by atoms with Gasteiger partial charge in [0.15, 0.2) is 5.82 Å². The van der Waals surface area contributed by atoms with Crippen LogP contribution >= 0.6 is 15.9 Å². The van der Waals surface area contributed by atoms with Gasteiger partial charge in [0, 0.05) is 16.6 Å². The van der Waals surface area contributed by atoms with E-state index in [4.69, 9.17) is 0 Å². The van der Waals surface area contributed by atoms with Crippen LogP contribution in [0.1, 0.15) is 27.3 Å². The topological polar surface area (TPSA) is 59.8 Å². The van der Waals surface area contributed by atoms with E-state index in [1.807, 2.05) is 73.7 Å². The molecule has 0 unspecified atom stereocenters. The second-order valence-electron chi connectivity index (χ2n) is 7.07. The van der Waals surface area contributed by atoms with Gasteiger partial charge in [0.05, 0.1) is 5.69 Å². The second kappa shape index (κ2) is 8.63. The standard InChI is InChI=1S/C24H21BrN4O/c1-16-7-6-10-21(17(16)2)29-23(19-11-13-20(25)14-12-19)27-22(28-29)24(30)26-15-18-8-4-3-5-9-18/h3-14H,15H2,1-2H3,(H,26,30). The van der Waals surface area contributed by atoms with Gasteiger partial charge in [-0.1, -0.05) is 70.5 Å². The number of halogens is 1. The normalized spacial score (nSPS) is 10.8. The Hall–Kier alpha value is -3.25. The van der Waals surface area contributed by atoms with Crippen molar-refractivity contribution in [1.82, 2.24) is 20.1 Å². The van der Waals surface area contributed by atoms with Crippen LogP contribution in [0.4, 0.5) is 0 Å². The van der Waals surface area contributed by atoms with Crippen LogP contribution in [0, 0.1) is 13.8 Å². The van der Waals surface area contributed by atoms with Gasteiger partial charge in [0.25, 0.3) is 5.91 Å². The molecule has 3 aromatic carbocycles. The summed E-state index contributed by atoms with van der Waals surface area (Å²) in [6, 6.07) is 23.6. The third kappa shape index (κ3) is 4.19. The predicted octanol–water partition coefficient (Wildman–Crippen LogP) is 5.24. The van der Waals surface area contributed by atoms with Crippen LogP contribution in [0.2, 0.25) is 0 Å². The maximum Gasteiger partial charge on any atom is 0.291 e. The molecule has 0 radical (unpaired) electrons. The highest BCUT2D eigenvalue weighted by Gasteiger charge is 2.20. The van der Waals surface area contributed by atoms with Crippen LogP contribution in [0.25, 0.3) is 17.1 Å². The summed E-state index contributed by atoms with van der Waals surface area (Å²) in [5.41, 5.74) is 5.06. The first-order valence-electron chi connectivity index (χ1n) is 9.64. The van der Waals surface area contributed by atoms with Crippen molar-refractivity contribution < 1.29 is 4.79 Å². The van der Waals surface area contributed by atoms with Crippen molar-refractivity contribution in [3.63, 3.8) is 0 Å². The third-order valence-electron chi connectivity index (χ3n) is 5.01. The van der Waals surface area contributed by atoms with E-state index in [1.54, 1.807) is 4.68 Å². The number of nitrogens with one attached hydrogen (secondary N) is 1. The molecule has 0 aliphatic heterocycles. The minimum absolute atomic E-state index is 0.143. The Kier molecular flexibility index (Phi) is 5.77. The Labute approximate surface area is 183 Å². The zero-order chi connectivity index (χ0) is 21.1. The van der Waals surface area contributed by atoms with Gasteiger partial charge in [0.2, 0.25) is 5.82 Å². The van der Waals surface area contributed by atoms with E-state index in [0.29, 0.717) is 12.4 Å². The molecule has 1 amide bonds. The quantitative estimate of drug-likeness (QED) is 0.442. The van der Waals surface area contributed by atoms with Crippen molar-refractivity contribution in [3.8, 4) is 17.1 Å². The first-order chi connectivity index (χ1) is 14.5. The molecule has 4 rings (SSSR count). The molecule has 5 nitrogen and oxygen atoms in total. The smallest absolute Gasteiger partial charge is 0.291 e. The molecule has 6 heteroatoms. The molecule has 1 aromatic heterocycles. The van der Waals surface area contributed by atoms with Crippen LogP contribution in [0.5, 0.6) is 0 Å². The zero-order valence-corrected chi connectivity index (χ0v) is 18.3. The fraction of sp³-hybridized carbons (Fsp3) is 0.125. The molecule has 0 fully saturated rings. The van der Waals surface area contributed by atoms with Crippen LogP contribution < -0.4 is 5.32 Å². The summed E-state index contributed by atoms with van der Waals surface area (Å²) in [5.74, 6) is 0.465. The zero-order valence-electron chi connectivity index (χ0n) is 16.8. The average Bonchev–Trinajstić information content (AvgIpc) is 3.20. The average molecular weight is 461 g/mol. The van der Waals surface area contributed by atoms with E-state index in [0.717, 1.165) is 32.4 Å². The van der Waals surface area contributed by atoms with Crippen LogP contribution in [-0.2, 0) is 6.54 Å². The lowest BCUT2D eigenvalue weighted by molar-refractivity contribution is 0.0940. The lowest BCUT2D eigenvalue weighted by Crippen LogP contribution is -2.24. The molecule has 0 spiro atoms. The summed E-state index contributed by atoms with van der Waals surface area (Å²) in [4.78, 5) is 17.4. The van der Waals surface area contributed by atoms with Crippen LogP contribution in [-0.4, -0.2) is 20.7 Å². The number of hydrogen-bond acceptors (Lipinski definition) is 3. The molecule has 0 saturated heterocycles. The number of amides is 1. The van der Waals surface area contributed by atoms with Gasteiger partial charge >= 0.3 is 0 Å². The molecule has 30 heavy (non-hydrogen) atoms. The Morgan fingerprint density at radius 2 is 1.70 bits per heavy atom. The highest BCUT2D eigenvalue weighted by molar-refractivity contribution is 9.10. The highest BCUT2D eigenvalue weighted by atomic mass is 79.9. The van der Waals surface area contributed by atoms with Crippen molar-refractivity contribution in [2.24, 2.45) is 0 Å². The Balaban J connectivity index is 1.73. The van der Waals surface area contributed by atoms with E-state index in [1.165, 1.54) is 0 Å². The van der Waals surface area contributed by atoms with E-state index in [2.05, 4.69) is 44.3 Å². The number of carbonyl (C=O) groups excluding carboxylic acids is 1. The monoisotopic (exact) mass is 460 g/mol.